The predicted molar refractivity (Wildman–Crippen MR) is 66.7 cm³/mol. The van der Waals surface area contributed by atoms with E-state index in [2.05, 4.69) is 0 Å². The highest BCUT2D eigenvalue weighted by atomic mass is 35.5. The zero-order valence-electron chi connectivity index (χ0n) is 10.8. The summed E-state index contributed by atoms with van der Waals surface area (Å²) in [5.41, 5.74) is 1.29. The maximum Gasteiger partial charge on any atom is 0.322 e. The molecule has 0 aromatic carbocycles. The fourth-order valence-electron chi connectivity index (χ4n) is 3.02. The molecule has 4 heteroatoms. The van der Waals surface area contributed by atoms with E-state index in [-0.39, 0.29) is 0 Å². The van der Waals surface area contributed by atoms with Gasteiger partial charge in [0.2, 0.25) is 0 Å². The van der Waals surface area contributed by atoms with E-state index in [1.54, 1.807) is 21.3 Å². The molecule has 0 radical (unpaired) electrons. The Kier molecular flexibility index (Phi) is 4.14. The third kappa shape index (κ3) is 2.26. The molecule has 0 aromatic rings. The van der Waals surface area contributed by atoms with Crippen LogP contribution in [0.1, 0.15) is 32.1 Å². The van der Waals surface area contributed by atoms with Crippen molar-refractivity contribution in [2.24, 2.45) is 11.8 Å². The summed E-state index contributed by atoms with van der Waals surface area (Å²) in [7, 11) is 4.65. The Bertz CT molecular complexity index is 288. The molecule has 17 heavy (non-hydrogen) atoms. The number of rotatable bonds is 4. The van der Waals surface area contributed by atoms with E-state index in [0.717, 1.165) is 0 Å². The van der Waals surface area contributed by atoms with E-state index in [4.69, 9.17) is 25.8 Å². The Morgan fingerprint density at radius 2 is 1.47 bits per heavy atom. The summed E-state index contributed by atoms with van der Waals surface area (Å²) in [5.74, 6) is 0.0537. The minimum absolute atomic E-state index is 0.599. The summed E-state index contributed by atoms with van der Waals surface area (Å²) in [6, 6.07) is 0. The van der Waals surface area contributed by atoms with Gasteiger partial charge in [-0.3, -0.25) is 0 Å². The first kappa shape index (κ1) is 13.3. The van der Waals surface area contributed by atoms with E-state index < -0.39 is 5.97 Å². The van der Waals surface area contributed by atoms with Crippen LogP contribution in [0.15, 0.2) is 10.6 Å². The normalized spacial score (nSPS) is 28.6. The summed E-state index contributed by atoms with van der Waals surface area (Å²) >= 11 is 6.43. The smallest absolute Gasteiger partial charge is 0.322 e. The molecule has 0 amide bonds. The fraction of sp³-hybridized carbons (Fsp3) is 0.846. The van der Waals surface area contributed by atoms with E-state index in [1.165, 1.54) is 37.7 Å². The lowest BCUT2D eigenvalue weighted by molar-refractivity contribution is -0.322. The zero-order valence-corrected chi connectivity index (χ0v) is 11.5. The van der Waals surface area contributed by atoms with Crippen molar-refractivity contribution < 1.29 is 14.2 Å². The molecule has 0 aliphatic heterocycles. The largest absolute Gasteiger partial charge is 0.326 e. The van der Waals surface area contributed by atoms with Crippen molar-refractivity contribution in [3.8, 4) is 0 Å². The second kappa shape index (κ2) is 5.27. The van der Waals surface area contributed by atoms with Crippen LogP contribution in [0.4, 0.5) is 0 Å². The predicted octanol–water partition coefficient (Wildman–Crippen LogP) is 3.28. The monoisotopic (exact) mass is 260 g/mol. The van der Waals surface area contributed by atoms with Crippen LogP contribution < -0.4 is 0 Å². The SMILES string of the molecule is COC(OC)(OC)C(Cl)=C1C2CCCCCC12. The minimum atomic E-state index is -1.21. The van der Waals surface area contributed by atoms with Crippen LogP contribution in [0, 0.1) is 11.8 Å². The molecule has 0 saturated heterocycles. The van der Waals surface area contributed by atoms with Crippen molar-refractivity contribution in [3.05, 3.63) is 10.6 Å². The quantitative estimate of drug-likeness (QED) is 0.726. The summed E-state index contributed by atoms with van der Waals surface area (Å²) in [6.07, 6.45) is 6.43. The first-order valence-corrected chi connectivity index (χ1v) is 6.63. The van der Waals surface area contributed by atoms with E-state index in [9.17, 15) is 0 Å². The second-order valence-corrected chi connectivity index (χ2v) is 5.17. The molecular weight excluding hydrogens is 240 g/mol. The van der Waals surface area contributed by atoms with Gasteiger partial charge in [-0.25, -0.2) is 0 Å². The van der Waals surface area contributed by atoms with Crippen molar-refractivity contribution in [2.45, 2.75) is 38.1 Å². The van der Waals surface area contributed by atoms with Gasteiger partial charge in [0.15, 0.2) is 0 Å². The molecule has 2 unspecified atom stereocenters. The summed E-state index contributed by atoms with van der Waals surface area (Å²) in [6.45, 7) is 0. The Balaban J connectivity index is 2.21. The van der Waals surface area contributed by atoms with E-state index in [1.807, 2.05) is 0 Å². The maximum absolute atomic E-state index is 6.43. The summed E-state index contributed by atoms with van der Waals surface area (Å²) in [4.78, 5) is 0. The van der Waals surface area contributed by atoms with Gasteiger partial charge in [-0.2, -0.15) is 0 Å². The van der Waals surface area contributed by atoms with Gasteiger partial charge in [-0.1, -0.05) is 30.9 Å². The molecule has 2 fully saturated rings. The molecular formula is C13H21ClO3. The standard InChI is InChI=1S/C13H21ClO3/c1-15-13(16-2,17-3)12(14)11-9-7-5-4-6-8-10(9)11/h9-10H,4-8H2,1-3H3. The van der Waals surface area contributed by atoms with Crippen molar-refractivity contribution in [1.29, 1.82) is 0 Å². The van der Waals surface area contributed by atoms with Gasteiger partial charge in [-0.15, -0.1) is 0 Å². The van der Waals surface area contributed by atoms with Crippen LogP contribution in [0.5, 0.6) is 0 Å². The third-order valence-electron chi connectivity index (χ3n) is 4.03. The molecule has 0 heterocycles. The summed E-state index contributed by atoms with van der Waals surface area (Å²) < 4.78 is 15.9. The van der Waals surface area contributed by atoms with Crippen LogP contribution in [0.3, 0.4) is 0 Å². The first-order valence-electron chi connectivity index (χ1n) is 6.25. The fourth-order valence-corrected chi connectivity index (χ4v) is 3.53. The first-order chi connectivity index (χ1) is 8.20. The van der Waals surface area contributed by atoms with Gasteiger partial charge in [-0.05, 0) is 30.3 Å². The molecule has 3 nitrogen and oxygen atoms in total. The minimum Gasteiger partial charge on any atom is -0.326 e. The number of halogens is 1. The van der Waals surface area contributed by atoms with Crippen molar-refractivity contribution in [1.82, 2.24) is 0 Å². The molecule has 2 rings (SSSR count). The lowest BCUT2D eigenvalue weighted by Crippen LogP contribution is -2.36. The van der Waals surface area contributed by atoms with Crippen molar-refractivity contribution in [3.63, 3.8) is 0 Å². The van der Waals surface area contributed by atoms with Gasteiger partial charge in [0.05, 0.1) is 0 Å². The maximum atomic E-state index is 6.43. The average molecular weight is 261 g/mol. The van der Waals surface area contributed by atoms with Crippen molar-refractivity contribution in [2.75, 3.05) is 21.3 Å². The molecule has 0 bridgehead atoms. The Hall–Kier alpha value is -0.0900. The van der Waals surface area contributed by atoms with Crippen LogP contribution in [0.2, 0.25) is 0 Å². The summed E-state index contributed by atoms with van der Waals surface area (Å²) in [5, 5.41) is 0.599. The number of ether oxygens (including phenoxy) is 3. The highest BCUT2D eigenvalue weighted by molar-refractivity contribution is 6.31. The average Bonchev–Trinajstić information content (AvgIpc) is 3.06. The number of methoxy groups -OCH3 is 3. The lowest BCUT2D eigenvalue weighted by Gasteiger charge is -2.28. The second-order valence-electron chi connectivity index (χ2n) is 4.79. The molecule has 2 aliphatic carbocycles. The number of hydrogen-bond acceptors (Lipinski definition) is 3. The van der Waals surface area contributed by atoms with Gasteiger partial charge in [0.25, 0.3) is 0 Å². The van der Waals surface area contributed by atoms with Gasteiger partial charge < -0.3 is 14.2 Å². The molecule has 2 saturated carbocycles. The molecule has 0 spiro atoms. The number of fused-ring (bicyclic) bond motifs is 1. The molecule has 2 atom stereocenters. The number of hydrogen-bond donors (Lipinski definition) is 0. The van der Waals surface area contributed by atoms with E-state index >= 15 is 0 Å². The Morgan fingerprint density at radius 3 is 1.88 bits per heavy atom. The van der Waals surface area contributed by atoms with Gasteiger partial charge in [0, 0.05) is 21.3 Å². The molecule has 0 N–H and O–H groups in total. The highest BCUT2D eigenvalue weighted by Crippen LogP contribution is 2.57. The third-order valence-corrected chi connectivity index (χ3v) is 4.48. The van der Waals surface area contributed by atoms with Gasteiger partial charge >= 0.3 is 5.97 Å². The molecule has 98 valence electrons. The molecule has 2 aliphatic rings. The van der Waals surface area contributed by atoms with Crippen LogP contribution in [0.25, 0.3) is 0 Å². The Labute approximate surface area is 108 Å². The van der Waals surface area contributed by atoms with Crippen LogP contribution in [-0.4, -0.2) is 27.3 Å². The molecule has 0 aromatic heterocycles. The van der Waals surface area contributed by atoms with Gasteiger partial charge in [0.1, 0.15) is 5.03 Å². The van der Waals surface area contributed by atoms with Crippen LogP contribution >= 0.6 is 11.6 Å². The number of allylic oxidation sites excluding steroid dienone is 1. The topological polar surface area (TPSA) is 27.7 Å². The zero-order chi connectivity index (χ0) is 12.5. The highest BCUT2D eigenvalue weighted by Gasteiger charge is 2.50. The Morgan fingerprint density at radius 1 is 1.00 bits per heavy atom. The van der Waals surface area contributed by atoms with Crippen LogP contribution in [-0.2, 0) is 14.2 Å². The van der Waals surface area contributed by atoms with E-state index in [0.29, 0.717) is 16.9 Å². The van der Waals surface area contributed by atoms with Crippen molar-refractivity contribution >= 4 is 11.6 Å². The lowest BCUT2D eigenvalue weighted by atomic mass is 10.1.